The highest BCUT2D eigenvalue weighted by molar-refractivity contribution is 7.80. The number of benzene rings is 3. The van der Waals surface area contributed by atoms with Gasteiger partial charge in [-0.25, -0.2) is 0 Å². The second-order valence-electron chi connectivity index (χ2n) is 7.43. The van der Waals surface area contributed by atoms with E-state index >= 15 is 0 Å². The van der Waals surface area contributed by atoms with E-state index in [4.69, 9.17) is 17.0 Å². The van der Waals surface area contributed by atoms with E-state index < -0.39 is 0 Å². The molecule has 0 aliphatic heterocycles. The smallest absolute Gasteiger partial charge is 0.257 e. The summed E-state index contributed by atoms with van der Waals surface area (Å²) in [7, 11) is 0. The molecule has 33 heavy (non-hydrogen) atoms. The lowest BCUT2D eigenvalue weighted by atomic mass is 10.1. The SMILES string of the molecule is CCCCOc1cccc(C(=O)NC(=S)Nc2cccc(NC(=O)Cc3ccccc3)c2)c1. The van der Waals surface area contributed by atoms with E-state index in [9.17, 15) is 9.59 Å². The highest BCUT2D eigenvalue weighted by atomic mass is 32.1. The number of ether oxygens (including phenoxy) is 1. The average Bonchev–Trinajstić information content (AvgIpc) is 2.80. The van der Waals surface area contributed by atoms with Crippen molar-refractivity contribution in [2.24, 2.45) is 0 Å². The summed E-state index contributed by atoms with van der Waals surface area (Å²) in [5.74, 6) is 0.199. The molecule has 6 nitrogen and oxygen atoms in total. The third-order valence-electron chi connectivity index (χ3n) is 4.70. The quantitative estimate of drug-likeness (QED) is 0.303. The van der Waals surface area contributed by atoms with Crippen LogP contribution in [0.25, 0.3) is 0 Å². The zero-order valence-electron chi connectivity index (χ0n) is 18.5. The van der Waals surface area contributed by atoms with Crippen LogP contribution in [0.2, 0.25) is 0 Å². The number of hydrogen-bond donors (Lipinski definition) is 3. The maximum absolute atomic E-state index is 12.6. The van der Waals surface area contributed by atoms with Gasteiger partial charge in [0.1, 0.15) is 5.75 Å². The molecule has 0 atom stereocenters. The molecular formula is C26H27N3O3S. The van der Waals surface area contributed by atoms with Crippen LogP contribution in [0.5, 0.6) is 5.75 Å². The fourth-order valence-corrected chi connectivity index (χ4v) is 3.27. The molecular weight excluding hydrogens is 434 g/mol. The second-order valence-corrected chi connectivity index (χ2v) is 7.84. The Bertz CT molecular complexity index is 1100. The van der Waals surface area contributed by atoms with Crippen molar-refractivity contribution < 1.29 is 14.3 Å². The van der Waals surface area contributed by atoms with Crippen LogP contribution in [0.4, 0.5) is 11.4 Å². The standard InChI is InChI=1S/C26H27N3O3S/c1-2-3-15-32-23-14-7-11-20(17-23)25(31)29-26(33)28-22-13-8-12-21(18-22)27-24(30)16-19-9-5-4-6-10-19/h4-14,17-18H,2-3,15-16H2,1H3,(H,27,30)(H2,28,29,31,33). The molecule has 0 bridgehead atoms. The number of carbonyl (C=O) groups is 2. The minimum absolute atomic E-state index is 0.115. The maximum Gasteiger partial charge on any atom is 0.257 e. The molecule has 0 heterocycles. The summed E-state index contributed by atoms with van der Waals surface area (Å²) >= 11 is 5.29. The minimum atomic E-state index is -0.333. The van der Waals surface area contributed by atoms with Crippen LogP contribution in [-0.2, 0) is 11.2 Å². The Morgan fingerprint density at radius 1 is 0.879 bits per heavy atom. The molecule has 0 fully saturated rings. The predicted molar refractivity (Wildman–Crippen MR) is 136 cm³/mol. The fraction of sp³-hybridized carbons (Fsp3) is 0.192. The molecule has 0 radical (unpaired) electrons. The highest BCUT2D eigenvalue weighted by Crippen LogP contribution is 2.16. The molecule has 0 unspecified atom stereocenters. The number of anilines is 2. The van der Waals surface area contributed by atoms with Gasteiger partial charge in [0.25, 0.3) is 5.91 Å². The van der Waals surface area contributed by atoms with Crippen molar-refractivity contribution in [3.8, 4) is 5.75 Å². The van der Waals surface area contributed by atoms with Crippen LogP contribution in [0.15, 0.2) is 78.9 Å². The van der Waals surface area contributed by atoms with Gasteiger partial charge in [-0.2, -0.15) is 0 Å². The first kappa shape index (κ1) is 23.9. The average molecular weight is 462 g/mol. The van der Waals surface area contributed by atoms with Gasteiger partial charge >= 0.3 is 0 Å². The highest BCUT2D eigenvalue weighted by Gasteiger charge is 2.10. The van der Waals surface area contributed by atoms with E-state index in [1.54, 1.807) is 42.5 Å². The maximum atomic E-state index is 12.6. The molecule has 3 aromatic rings. The molecule has 7 heteroatoms. The van der Waals surface area contributed by atoms with Gasteiger partial charge in [-0.3, -0.25) is 14.9 Å². The zero-order chi connectivity index (χ0) is 23.5. The van der Waals surface area contributed by atoms with Crippen LogP contribution in [0.1, 0.15) is 35.7 Å². The number of carbonyl (C=O) groups excluding carboxylic acids is 2. The normalized spacial score (nSPS) is 10.2. The van der Waals surface area contributed by atoms with E-state index in [1.165, 1.54) is 0 Å². The van der Waals surface area contributed by atoms with Crippen molar-refractivity contribution in [1.29, 1.82) is 0 Å². The number of rotatable bonds is 9. The summed E-state index contributed by atoms with van der Waals surface area (Å²) < 4.78 is 5.66. The molecule has 3 N–H and O–H groups in total. The Morgan fingerprint density at radius 3 is 2.36 bits per heavy atom. The van der Waals surface area contributed by atoms with Gasteiger partial charge in [-0.15, -0.1) is 0 Å². The lowest BCUT2D eigenvalue weighted by Gasteiger charge is -2.12. The summed E-state index contributed by atoms with van der Waals surface area (Å²) in [6.07, 6.45) is 2.28. The first-order valence-corrected chi connectivity index (χ1v) is 11.2. The van der Waals surface area contributed by atoms with Crippen molar-refractivity contribution in [3.05, 3.63) is 90.0 Å². The summed E-state index contributed by atoms with van der Waals surface area (Å²) in [5.41, 5.74) is 2.67. The largest absolute Gasteiger partial charge is 0.494 e. The van der Waals surface area contributed by atoms with Crippen LogP contribution >= 0.6 is 12.2 Å². The van der Waals surface area contributed by atoms with Gasteiger partial charge in [-0.05, 0) is 60.6 Å². The molecule has 2 amide bonds. The summed E-state index contributed by atoms with van der Waals surface area (Å²) in [4.78, 5) is 24.9. The zero-order valence-corrected chi connectivity index (χ0v) is 19.3. The first-order valence-electron chi connectivity index (χ1n) is 10.8. The van der Waals surface area contributed by atoms with Crippen molar-refractivity contribution in [1.82, 2.24) is 5.32 Å². The topological polar surface area (TPSA) is 79.5 Å². The lowest BCUT2D eigenvalue weighted by molar-refractivity contribution is -0.115. The summed E-state index contributed by atoms with van der Waals surface area (Å²) in [6.45, 7) is 2.70. The molecule has 0 aliphatic carbocycles. The first-order chi connectivity index (χ1) is 16.0. The third-order valence-corrected chi connectivity index (χ3v) is 4.91. The van der Waals surface area contributed by atoms with Gasteiger partial charge < -0.3 is 15.4 Å². The molecule has 0 saturated carbocycles. The van der Waals surface area contributed by atoms with Crippen LogP contribution in [-0.4, -0.2) is 23.5 Å². The number of nitrogens with one attached hydrogen (secondary N) is 3. The third kappa shape index (κ3) is 8.05. The predicted octanol–water partition coefficient (Wildman–Crippen LogP) is 5.17. The summed E-state index contributed by atoms with van der Waals surface area (Å²) in [6, 6.07) is 23.7. The van der Waals surface area contributed by atoms with Crippen LogP contribution in [0, 0.1) is 0 Å². The lowest BCUT2D eigenvalue weighted by Crippen LogP contribution is -2.34. The summed E-state index contributed by atoms with van der Waals surface area (Å²) in [5, 5.41) is 8.68. The number of amides is 2. The van der Waals surface area contributed by atoms with Gasteiger partial charge in [0.2, 0.25) is 5.91 Å². The molecule has 0 saturated heterocycles. The van der Waals surface area contributed by atoms with E-state index in [2.05, 4.69) is 22.9 Å². The monoisotopic (exact) mass is 461 g/mol. The van der Waals surface area contributed by atoms with Gasteiger partial charge in [-0.1, -0.05) is 55.8 Å². The molecule has 0 aliphatic rings. The number of unbranched alkanes of at least 4 members (excludes halogenated alkanes) is 1. The van der Waals surface area contributed by atoms with E-state index in [0.717, 1.165) is 18.4 Å². The Kier molecular flexibility index (Phi) is 8.97. The number of hydrogen-bond acceptors (Lipinski definition) is 4. The van der Waals surface area contributed by atoms with Gasteiger partial charge in [0.15, 0.2) is 5.11 Å². The Hall–Kier alpha value is -3.71. The second kappa shape index (κ2) is 12.4. The van der Waals surface area contributed by atoms with Crippen molar-refractivity contribution in [3.63, 3.8) is 0 Å². The van der Waals surface area contributed by atoms with Crippen molar-refractivity contribution in [2.75, 3.05) is 17.2 Å². The van der Waals surface area contributed by atoms with Gasteiger partial charge in [0.05, 0.1) is 13.0 Å². The van der Waals surface area contributed by atoms with Crippen molar-refractivity contribution >= 4 is 40.5 Å². The minimum Gasteiger partial charge on any atom is -0.494 e. The van der Waals surface area contributed by atoms with E-state index in [-0.39, 0.29) is 23.3 Å². The van der Waals surface area contributed by atoms with Gasteiger partial charge in [0, 0.05) is 16.9 Å². The van der Waals surface area contributed by atoms with Crippen LogP contribution < -0.4 is 20.7 Å². The molecule has 0 aromatic heterocycles. The Balaban J connectivity index is 1.53. The van der Waals surface area contributed by atoms with E-state index in [1.807, 2.05) is 36.4 Å². The molecule has 0 spiro atoms. The van der Waals surface area contributed by atoms with Crippen LogP contribution in [0.3, 0.4) is 0 Å². The van der Waals surface area contributed by atoms with E-state index in [0.29, 0.717) is 29.3 Å². The fourth-order valence-electron chi connectivity index (χ4n) is 3.06. The molecule has 3 aromatic carbocycles. The molecule has 3 rings (SSSR count). The Labute approximate surface area is 199 Å². The molecule has 170 valence electrons. The Morgan fingerprint density at radius 2 is 1.61 bits per heavy atom. The van der Waals surface area contributed by atoms with Crippen molar-refractivity contribution in [2.45, 2.75) is 26.2 Å². The number of thiocarbonyl (C=S) groups is 1.